The number of carbonyl (C=O) groups is 2. The first-order valence-electron chi connectivity index (χ1n) is 12.6. The van der Waals surface area contributed by atoms with E-state index in [1.54, 1.807) is 0 Å². The van der Waals surface area contributed by atoms with E-state index < -0.39 is 54.7 Å². The van der Waals surface area contributed by atoms with E-state index in [0.717, 1.165) is 47.9 Å². The van der Waals surface area contributed by atoms with Gasteiger partial charge in [0.25, 0.3) is 11.8 Å². The van der Waals surface area contributed by atoms with E-state index in [9.17, 15) is 22.8 Å². The van der Waals surface area contributed by atoms with Gasteiger partial charge in [-0.05, 0) is 65.9 Å². The molecule has 1 saturated carbocycles. The molecule has 0 N–H and O–H groups in total. The number of hydrogen-bond donors (Lipinski definition) is 0. The van der Waals surface area contributed by atoms with Gasteiger partial charge in [-0.2, -0.15) is 0 Å². The van der Waals surface area contributed by atoms with E-state index in [2.05, 4.69) is 24.9 Å². The second-order valence-electron chi connectivity index (χ2n) is 9.65. The zero-order valence-corrected chi connectivity index (χ0v) is 23.1. The number of halogens is 6. The summed E-state index contributed by atoms with van der Waals surface area (Å²) in [5, 5.41) is -0.272. The summed E-state index contributed by atoms with van der Waals surface area (Å²) in [4.78, 5) is 48.0. The van der Waals surface area contributed by atoms with Crippen LogP contribution in [0.2, 0.25) is 10.6 Å². The van der Waals surface area contributed by atoms with Crippen molar-refractivity contribution in [3.05, 3.63) is 99.8 Å². The van der Waals surface area contributed by atoms with Crippen molar-refractivity contribution in [1.82, 2.24) is 29.8 Å². The maximum absolute atomic E-state index is 15.1. The van der Waals surface area contributed by atoms with E-state index in [4.69, 9.17) is 23.2 Å². The third-order valence-electron chi connectivity index (χ3n) is 6.95. The van der Waals surface area contributed by atoms with E-state index >= 15 is 4.39 Å². The number of hydrogen-bond acceptors (Lipinski definition) is 7. The molecule has 0 saturated heterocycles. The summed E-state index contributed by atoms with van der Waals surface area (Å²) < 4.78 is 57.5. The normalized spacial score (nSPS) is 14.9. The van der Waals surface area contributed by atoms with Crippen molar-refractivity contribution >= 4 is 35.0 Å². The molecule has 42 heavy (non-hydrogen) atoms. The quantitative estimate of drug-likeness (QED) is 0.135. The minimum absolute atomic E-state index is 0.0556. The van der Waals surface area contributed by atoms with Crippen molar-refractivity contribution in [3.8, 4) is 11.1 Å². The Labute approximate surface area is 246 Å². The van der Waals surface area contributed by atoms with Crippen molar-refractivity contribution in [2.24, 2.45) is 0 Å². The van der Waals surface area contributed by atoms with Gasteiger partial charge in [0.15, 0.2) is 0 Å². The molecule has 0 atom stereocenters. The van der Waals surface area contributed by atoms with Gasteiger partial charge in [0.1, 0.15) is 11.6 Å². The van der Waals surface area contributed by atoms with Crippen LogP contribution >= 0.6 is 23.2 Å². The average Bonchev–Trinajstić information content (AvgIpc) is 2.97. The van der Waals surface area contributed by atoms with Crippen molar-refractivity contribution in [3.63, 3.8) is 0 Å². The van der Waals surface area contributed by atoms with Gasteiger partial charge in [0.05, 0.1) is 17.7 Å². The van der Waals surface area contributed by atoms with Crippen LogP contribution in [0.25, 0.3) is 11.1 Å². The molecule has 5 rings (SSSR count). The second kappa shape index (κ2) is 12.1. The Kier molecular flexibility index (Phi) is 8.46. The fraction of sp³-hybridized carbons (Fsp3) is 0.250. The lowest BCUT2D eigenvalue weighted by atomic mass is 9.81. The second-order valence-corrected chi connectivity index (χ2v) is 10.3. The first kappa shape index (κ1) is 29.5. The first-order chi connectivity index (χ1) is 20.0. The molecule has 1 aliphatic carbocycles. The minimum atomic E-state index is -2.84. The van der Waals surface area contributed by atoms with Crippen molar-refractivity contribution < 1.29 is 27.2 Å². The van der Waals surface area contributed by atoms with Gasteiger partial charge >= 0.3 is 0 Å². The average molecular weight is 619 g/mol. The number of aromatic nitrogens is 5. The lowest BCUT2D eigenvalue weighted by Gasteiger charge is -2.31. The first-order valence-corrected chi connectivity index (χ1v) is 13.4. The van der Waals surface area contributed by atoms with Gasteiger partial charge in [0, 0.05) is 66.6 Å². The molecule has 1 fully saturated rings. The van der Waals surface area contributed by atoms with Crippen LogP contribution < -0.4 is 0 Å². The van der Waals surface area contributed by atoms with E-state index in [-0.39, 0.29) is 56.9 Å². The Balaban J connectivity index is 1.66. The number of pyridine rings is 1. The molecule has 8 nitrogen and oxygen atoms in total. The molecule has 0 unspecified atom stereocenters. The smallest absolute Gasteiger partial charge is 0.264 e. The highest BCUT2D eigenvalue weighted by molar-refractivity contribution is 6.28. The Morgan fingerprint density at radius 3 is 1.93 bits per heavy atom. The zero-order chi connectivity index (χ0) is 30.0. The van der Waals surface area contributed by atoms with Crippen LogP contribution in [0.4, 0.5) is 17.6 Å². The molecule has 0 aliphatic heterocycles. The number of nitrogens with zero attached hydrogens (tertiary/aromatic N) is 6. The number of benzene rings is 1. The monoisotopic (exact) mass is 618 g/mol. The number of rotatable bonds is 6. The summed E-state index contributed by atoms with van der Waals surface area (Å²) in [7, 11) is 0. The summed E-state index contributed by atoms with van der Waals surface area (Å²) in [6, 6.07) is 4.28. The number of carbonyl (C=O) groups excluding carboxylic acids is 2. The van der Waals surface area contributed by atoms with Crippen LogP contribution in [0.1, 0.15) is 63.6 Å². The van der Waals surface area contributed by atoms with Crippen molar-refractivity contribution in [2.75, 3.05) is 0 Å². The van der Waals surface area contributed by atoms with Gasteiger partial charge in [-0.1, -0.05) is 0 Å². The van der Waals surface area contributed by atoms with Gasteiger partial charge in [0.2, 0.25) is 16.5 Å². The minimum Gasteiger partial charge on any atom is -0.270 e. The number of alkyl halides is 2. The summed E-state index contributed by atoms with van der Waals surface area (Å²) >= 11 is 11.5. The highest BCUT2D eigenvalue weighted by atomic mass is 35.5. The van der Waals surface area contributed by atoms with E-state index in [1.165, 1.54) is 12.3 Å². The summed E-state index contributed by atoms with van der Waals surface area (Å²) in [5.41, 5.74) is 0.243. The molecule has 14 heteroatoms. The maximum Gasteiger partial charge on any atom is 0.264 e. The van der Waals surface area contributed by atoms with Crippen LogP contribution in [0.5, 0.6) is 0 Å². The topological polar surface area (TPSA) is 102 Å². The Bertz CT molecular complexity index is 1570. The Morgan fingerprint density at radius 1 is 0.833 bits per heavy atom. The van der Waals surface area contributed by atoms with Crippen LogP contribution in [-0.2, 0) is 6.54 Å². The molecule has 0 spiro atoms. The molecule has 0 radical (unpaired) electrons. The zero-order valence-electron chi connectivity index (χ0n) is 21.6. The van der Waals surface area contributed by atoms with Crippen molar-refractivity contribution in [1.29, 1.82) is 0 Å². The number of imide groups is 1. The summed E-state index contributed by atoms with van der Waals surface area (Å²) in [6.45, 7) is -0.496. The predicted molar refractivity (Wildman–Crippen MR) is 144 cm³/mol. The third kappa shape index (κ3) is 6.39. The predicted octanol–water partition coefficient (Wildman–Crippen LogP) is 6.69. The highest BCUT2D eigenvalue weighted by Gasteiger charge is 2.38. The van der Waals surface area contributed by atoms with Crippen LogP contribution in [0, 0.1) is 11.6 Å². The van der Waals surface area contributed by atoms with Crippen molar-refractivity contribution in [2.45, 2.75) is 44.1 Å². The summed E-state index contributed by atoms with van der Waals surface area (Å²) in [6.07, 6.45) is 5.16. The summed E-state index contributed by atoms with van der Waals surface area (Å²) in [5.74, 6) is -6.56. The lowest BCUT2D eigenvalue weighted by Crippen LogP contribution is -2.37. The molecule has 1 aliphatic rings. The molecule has 216 valence electrons. The van der Waals surface area contributed by atoms with E-state index in [1.807, 2.05) is 0 Å². The Hall–Kier alpha value is -4.03. The molecular formula is C28H20Cl2F4N6O2. The number of amides is 2. The molecule has 0 bridgehead atoms. The fourth-order valence-corrected chi connectivity index (χ4v) is 5.04. The van der Waals surface area contributed by atoms with E-state index in [0.29, 0.717) is 0 Å². The largest absolute Gasteiger partial charge is 0.270 e. The molecule has 1 aromatic carbocycles. The van der Waals surface area contributed by atoms with Crippen LogP contribution in [0.3, 0.4) is 0 Å². The van der Waals surface area contributed by atoms with Crippen LogP contribution in [0.15, 0.2) is 55.2 Å². The lowest BCUT2D eigenvalue weighted by molar-refractivity contribution is -0.0385. The maximum atomic E-state index is 15.1. The van der Waals surface area contributed by atoms with Crippen LogP contribution in [-0.4, -0.2) is 47.6 Å². The van der Waals surface area contributed by atoms with Gasteiger partial charge < -0.3 is 0 Å². The van der Waals surface area contributed by atoms with Gasteiger partial charge in [-0.3, -0.25) is 19.5 Å². The standard InChI is InChI=1S/C28H20Cl2F4N6O2/c29-26-36-10-16(11-37-26)24(41)40(25(42)17-12-38-27(30)39-13-17)14-21-19(20-9-18(31)1-2-22(20)32)5-8-35-23(21)15-3-6-28(33,34)7-4-15/h1-2,5,8-13,15H,3-4,6-7,14H2. The molecule has 3 aromatic heterocycles. The van der Waals surface area contributed by atoms with Gasteiger partial charge in [-0.25, -0.2) is 37.5 Å². The molecule has 3 heterocycles. The third-order valence-corrected chi connectivity index (χ3v) is 7.34. The molecular weight excluding hydrogens is 599 g/mol. The Morgan fingerprint density at radius 2 is 1.38 bits per heavy atom. The molecule has 2 amide bonds. The SMILES string of the molecule is O=C(c1cnc(Cl)nc1)N(Cc1c(-c2cc(F)ccc2F)ccnc1C1CCC(F)(F)CC1)C(=O)c1cnc(Cl)nc1. The fourth-order valence-electron chi connectivity index (χ4n) is 4.85. The highest BCUT2D eigenvalue weighted by Crippen LogP contribution is 2.43. The molecule has 4 aromatic rings. The van der Waals surface area contributed by atoms with Gasteiger partial charge in [-0.15, -0.1) is 0 Å².